The number of unbranched alkanes of at least 4 members (excludes halogenated alkanes) is 5. The van der Waals surface area contributed by atoms with E-state index in [1.165, 1.54) is 25.7 Å². The van der Waals surface area contributed by atoms with Crippen molar-refractivity contribution in [2.24, 2.45) is 0 Å². The third-order valence-corrected chi connectivity index (χ3v) is 2.73. The molecule has 2 unspecified atom stereocenters. The molecule has 0 spiro atoms. The van der Waals surface area contributed by atoms with Crippen LogP contribution in [0.15, 0.2) is 0 Å². The summed E-state index contributed by atoms with van der Waals surface area (Å²) in [5.74, 6) is 0. The van der Waals surface area contributed by atoms with Crippen molar-refractivity contribution in [1.82, 2.24) is 4.90 Å². The van der Waals surface area contributed by atoms with Crippen molar-refractivity contribution in [2.45, 2.75) is 64.2 Å². The number of hydrogen-bond donors (Lipinski definition) is 2. The molecule has 0 aliphatic heterocycles. The zero-order chi connectivity index (χ0) is 11.7. The normalized spacial score (nSPS) is 15.6. The van der Waals surface area contributed by atoms with E-state index in [0.717, 1.165) is 12.8 Å². The van der Waals surface area contributed by atoms with Crippen LogP contribution in [0.5, 0.6) is 0 Å². The smallest absolute Gasteiger partial charge is 0.133 e. The predicted octanol–water partition coefficient (Wildman–Crippen LogP) is 1.98. The summed E-state index contributed by atoms with van der Waals surface area (Å²) >= 11 is 0. The first-order valence-corrected chi connectivity index (χ1v) is 6.12. The number of hydrogen-bond acceptors (Lipinski definition) is 3. The van der Waals surface area contributed by atoms with Crippen LogP contribution in [-0.4, -0.2) is 41.5 Å². The highest BCUT2D eigenvalue weighted by molar-refractivity contribution is 4.64. The van der Waals surface area contributed by atoms with Gasteiger partial charge in [-0.2, -0.15) is 0 Å². The SMILES string of the molecule is CCCCCCCCC(O)C(O)N(C)C. The lowest BCUT2D eigenvalue weighted by Crippen LogP contribution is -2.38. The van der Waals surface area contributed by atoms with Gasteiger partial charge in [0.1, 0.15) is 6.23 Å². The molecule has 0 aromatic rings. The van der Waals surface area contributed by atoms with Gasteiger partial charge in [0, 0.05) is 0 Å². The van der Waals surface area contributed by atoms with E-state index in [4.69, 9.17) is 0 Å². The van der Waals surface area contributed by atoms with E-state index in [9.17, 15) is 10.2 Å². The monoisotopic (exact) mass is 217 g/mol. The maximum absolute atomic E-state index is 9.60. The number of nitrogens with zero attached hydrogens (tertiary/aromatic N) is 1. The van der Waals surface area contributed by atoms with E-state index in [1.807, 2.05) is 0 Å². The molecule has 0 fully saturated rings. The van der Waals surface area contributed by atoms with Crippen LogP contribution in [-0.2, 0) is 0 Å². The average molecular weight is 217 g/mol. The minimum atomic E-state index is -0.722. The Hall–Kier alpha value is -0.120. The molecule has 0 radical (unpaired) electrons. The van der Waals surface area contributed by atoms with Crippen LogP contribution in [0.2, 0.25) is 0 Å². The van der Waals surface area contributed by atoms with Gasteiger partial charge in [-0.1, -0.05) is 45.4 Å². The van der Waals surface area contributed by atoms with Gasteiger partial charge in [-0.25, -0.2) is 0 Å². The summed E-state index contributed by atoms with van der Waals surface area (Å²) in [6.45, 7) is 2.21. The van der Waals surface area contributed by atoms with Gasteiger partial charge in [0.05, 0.1) is 6.10 Å². The van der Waals surface area contributed by atoms with E-state index >= 15 is 0 Å². The second-order valence-electron chi connectivity index (χ2n) is 4.50. The highest BCUT2D eigenvalue weighted by Gasteiger charge is 2.16. The maximum atomic E-state index is 9.60. The lowest BCUT2D eigenvalue weighted by atomic mass is 10.1. The molecule has 2 atom stereocenters. The van der Waals surface area contributed by atoms with E-state index in [-0.39, 0.29) is 0 Å². The van der Waals surface area contributed by atoms with Crippen molar-refractivity contribution >= 4 is 0 Å². The van der Waals surface area contributed by atoms with Crippen molar-refractivity contribution < 1.29 is 10.2 Å². The van der Waals surface area contributed by atoms with Gasteiger partial charge in [-0.05, 0) is 20.5 Å². The molecule has 0 amide bonds. The summed E-state index contributed by atoms with van der Waals surface area (Å²) < 4.78 is 0. The Kier molecular flexibility index (Phi) is 9.06. The highest BCUT2D eigenvalue weighted by atomic mass is 16.3. The van der Waals surface area contributed by atoms with Crippen molar-refractivity contribution in [3.63, 3.8) is 0 Å². The fourth-order valence-electron chi connectivity index (χ4n) is 1.63. The van der Waals surface area contributed by atoms with Crippen LogP contribution in [0, 0.1) is 0 Å². The summed E-state index contributed by atoms with van der Waals surface area (Å²) in [6, 6.07) is 0. The molecule has 0 aliphatic carbocycles. The van der Waals surface area contributed by atoms with Crippen LogP contribution < -0.4 is 0 Å². The molecule has 15 heavy (non-hydrogen) atoms. The molecular formula is C12H27NO2. The Bertz CT molecular complexity index is 140. The fraction of sp³-hybridized carbons (Fsp3) is 1.00. The van der Waals surface area contributed by atoms with E-state index in [1.54, 1.807) is 19.0 Å². The summed E-state index contributed by atoms with van der Waals surface area (Å²) in [5, 5.41) is 19.1. The molecule has 0 rings (SSSR count). The second-order valence-corrected chi connectivity index (χ2v) is 4.50. The van der Waals surface area contributed by atoms with Gasteiger partial charge < -0.3 is 10.2 Å². The Morgan fingerprint density at radius 3 is 2.00 bits per heavy atom. The zero-order valence-corrected chi connectivity index (χ0v) is 10.4. The topological polar surface area (TPSA) is 43.7 Å². The molecule has 0 heterocycles. The fourth-order valence-corrected chi connectivity index (χ4v) is 1.63. The van der Waals surface area contributed by atoms with E-state index < -0.39 is 12.3 Å². The summed E-state index contributed by atoms with van der Waals surface area (Å²) in [5.41, 5.74) is 0. The van der Waals surface area contributed by atoms with Gasteiger partial charge in [0.2, 0.25) is 0 Å². The lowest BCUT2D eigenvalue weighted by molar-refractivity contribution is -0.0652. The van der Waals surface area contributed by atoms with E-state index in [0.29, 0.717) is 6.42 Å². The van der Waals surface area contributed by atoms with Crippen LogP contribution in [0.25, 0.3) is 0 Å². The molecule has 0 aliphatic rings. The Morgan fingerprint density at radius 1 is 0.933 bits per heavy atom. The molecule has 0 saturated heterocycles. The zero-order valence-electron chi connectivity index (χ0n) is 10.4. The first kappa shape index (κ1) is 14.9. The van der Waals surface area contributed by atoms with Crippen LogP contribution in [0.4, 0.5) is 0 Å². The third-order valence-electron chi connectivity index (χ3n) is 2.73. The number of rotatable bonds is 9. The molecule has 0 saturated carbocycles. The van der Waals surface area contributed by atoms with Gasteiger partial charge in [0.15, 0.2) is 0 Å². The van der Waals surface area contributed by atoms with Crippen molar-refractivity contribution in [2.75, 3.05) is 14.1 Å². The summed E-state index contributed by atoms with van der Waals surface area (Å²) in [7, 11) is 3.55. The first-order chi connectivity index (χ1) is 7.09. The highest BCUT2D eigenvalue weighted by Crippen LogP contribution is 2.10. The molecular weight excluding hydrogens is 190 g/mol. The number of aliphatic hydroxyl groups is 2. The standard InChI is InChI=1S/C12H27NO2/c1-4-5-6-7-8-9-10-11(14)12(15)13(2)3/h11-12,14-15H,4-10H2,1-3H3. The van der Waals surface area contributed by atoms with Gasteiger partial charge in [0.25, 0.3) is 0 Å². The molecule has 3 nitrogen and oxygen atoms in total. The number of aliphatic hydroxyl groups excluding tert-OH is 2. The molecule has 0 aromatic heterocycles. The Morgan fingerprint density at radius 2 is 1.47 bits per heavy atom. The molecule has 92 valence electrons. The maximum Gasteiger partial charge on any atom is 0.133 e. The minimum Gasteiger partial charge on any atom is -0.389 e. The molecule has 2 N–H and O–H groups in total. The van der Waals surface area contributed by atoms with Gasteiger partial charge >= 0.3 is 0 Å². The predicted molar refractivity (Wildman–Crippen MR) is 63.7 cm³/mol. The van der Waals surface area contributed by atoms with Crippen LogP contribution in [0.3, 0.4) is 0 Å². The second kappa shape index (κ2) is 9.13. The molecule has 0 aromatic carbocycles. The summed E-state index contributed by atoms with van der Waals surface area (Å²) in [4.78, 5) is 1.64. The van der Waals surface area contributed by atoms with Gasteiger partial charge in [-0.15, -0.1) is 0 Å². The third kappa shape index (κ3) is 7.77. The molecule has 3 heteroatoms. The largest absolute Gasteiger partial charge is 0.389 e. The summed E-state index contributed by atoms with van der Waals surface area (Å²) in [6.07, 6.45) is 6.66. The average Bonchev–Trinajstić information content (AvgIpc) is 2.21. The quantitative estimate of drug-likeness (QED) is 0.458. The Balaban J connectivity index is 3.34. The lowest BCUT2D eigenvalue weighted by Gasteiger charge is -2.23. The van der Waals surface area contributed by atoms with Crippen molar-refractivity contribution in [3.05, 3.63) is 0 Å². The van der Waals surface area contributed by atoms with Crippen molar-refractivity contribution in [1.29, 1.82) is 0 Å². The minimum absolute atomic E-state index is 0.605. The van der Waals surface area contributed by atoms with Crippen molar-refractivity contribution in [3.8, 4) is 0 Å². The van der Waals surface area contributed by atoms with Gasteiger partial charge in [-0.3, -0.25) is 4.90 Å². The first-order valence-electron chi connectivity index (χ1n) is 6.12. The van der Waals surface area contributed by atoms with E-state index in [2.05, 4.69) is 6.92 Å². The Labute approximate surface area is 94.1 Å². The van der Waals surface area contributed by atoms with Crippen LogP contribution in [0.1, 0.15) is 51.9 Å². The van der Waals surface area contributed by atoms with Crippen LogP contribution >= 0.6 is 0 Å². The number of likely N-dealkylation sites (N-methyl/N-ethyl adjacent to an activating group) is 1. The molecule has 0 bridgehead atoms.